The van der Waals surface area contributed by atoms with Gasteiger partial charge in [0.05, 0.1) is 11.6 Å². The smallest absolute Gasteiger partial charge is 0.254 e. The molecule has 2 aromatic rings. The summed E-state index contributed by atoms with van der Waals surface area (Å²) >= 11 is 0. The number of nitrogens with zero attached hydrogens (tertiary/aromatic N) is 4. The molecule has 1 aromatic carbocycles. The first kappa shape index (κ1) is 17.0. The van der Waals surface area contributed by atoms with Crippen LogP contribution in [0.5, 0.6) is 0 Å². The summed E-state index contributed by atoms with van der Waals surface area (Å²) in [5.41, 5.74) is 2.42. The number of hydrogen-bond acceptors (Lipinski definition) is 4. The second kappa shape index (κ2) is 7.35. The van der Waals surface area contributed by atoms with Gasteiger partial charge in [0.2, 0.25) is 0 Å². The van der Waals surface area contributed by atoms with Crippen molar-refractivity contribution in [1.82, 2.24) is 9.88 Å². The van der Waals surface area contributed by atoms with Crippen molar-refractivity contribution in [3.8, 4) is 6.07 Å². The van der Waals surface area contributed by atoms with Crippen molar-refractivity contribution in [2.75, 3.05) is 32.1 Å². The number of piperidine rings is 1. The summed E-state index contributed by atoms with van der Waals surface area (Å²) < 4.78 is 0. The highest BCUT2D eigenvalue weighted by Gasteiger charge is 2.27. The standard InChI is InChI=1S/C20H22N4O/c1-23(2)19-12-15(9-10-22-19)20(25)24-11-5-7-17(14-24)18-8-4-3-6-16(18)13-21/h3-4,6,8-10,12,17H,5,7,11,14H2,1-2H3/t17-/m1/s1. The molecule has 0 spiro atoms. The van der Waals surface area contributed by atoms with Crippen LogP contribution in [0.25, 0.3) is 0 Å². The van der Waals surface area contributed by atoms with Gasteiger partial charge in [-0.25, -0.2) is 4.98 Å². The third-order valence-corrected chi connectivity index (χ3v) is 4.68. The zero-order valence-electron chi connectivity index (χ0n) is 14.6. The van der Waals surface area contributed by atoms with Gasteiger partial charge in [-0.3, -0.25) is 4.79 Å². The molecular formula is C20H22N4O. The molecule has 3 rings (SSSR count). The maximum Gasteiger partial charge on any atom is 0.254 e. The predicted octanol–water partition coefficient (Wildman–Crippen LogP) is 3.04. The first-order chi connectivity index (χ1) is 12.1. The Balaban J connectivity index is 1.80. The number of anilines is 1. The van der Waals surface area contributed by atoms with Gasteiger partial charge in [0.15, 0.2) is 0 Å². The predicted molar refractivity (Wildman–Crippen MR) is 97.6 cm³/mol. The number of rotatable bonds is 3. The van der Waals surface area contributed by atoms with Crippen LogP contribution in [0, 0.1) is 11.3 Å². The number of likely N-dealkylation sites (tertiary alicyclic amines) is 1. The van der Waals surface area contributed by atoms with Crippen LogP contribution < -0.4 is 4.90 Å². The van der Waals surface area contributed by atoms with Crippen molar-refractivity contribution in [3.63, 3.8) is 0 Å². The Morgan fingerprint density at radius 2 is 2.12 bits per heavy atom. The third-order valence-electron chi connectivity index (χ3n) is 4.68. The van der Waals surface area contributed by atoms with E-state index in [4.69, 9.17) is 0 Å². The fourth-order valence-corrected chi connectivity index (χ4v) is 3.35. The van der Waals surface area contributed by atoms with Crippen LogP contribution in [0.3, 0.4) is 0 Å². The van der Waals surface area contributed by atoms with E-state index in [1.807, 2.05) is 54.2 Å². The van der Waals surface area contributed by atoms with Crippen molar-refractivity contribution in [3.05, 3.63) is 59.3 Å². The Morgan fingerprint density at radius 3 is 2.88 bits per heavy atom. The molecule has 1 fully saturated rings. The molecule has 1 atom stereocenters. The lowest BCUT2D eigenvalue weighted by Crippen LogP contribution is -2.39. The topological polar surface area (TPSA) is 60.2 Å². The molecular weight excluding hydrogens is 312 g/mol. The number of benzene rings is 1. The molecule has 0 aliphatic carbocycles. The minimum atomic E-state index is 0.0321. The normalized spacial score (nSPS) is 17.0. The fraction of sp³-hybridized carbons (Fsp3) is 0.350. The minimum Gasteiger partial charge on any atom is -0.363 e. The van der Waals surface area contributed by atoms with Gasteiger partial charge < -0.3 is 9.80 Å². The van der Waals surface area contributed by atoms with E-state index in [0.717, 1.165) is 30.8 Å². The fourth-order valence-electron chi connectivity index (χ4n) is 3.35. The van der Waals surface area contributed by atoms with E-state index >= 15 is 0 Å². The van der Waals surface area contributed by atoms with Crippen molar-refractivity contribution < 1.29 is 4.79 Å². The molecule has 5 nitrogen and oxygen atoms in total. The third kappa shape index (κ3) is 3.63. The maximum absolute atomic E-state index is 12.9. The summed E-state index contributed by atoms with van der Waals surface area (Å²) in [6.07, 6.45) is 3.62. The summed E-state index contributed by atoms with van der Waals surface area (Å²) in [5, 5.41) is 9.34. The van der Waals surface area contributed by atoms with Crippen LogP contribution in [0.15, 0.2) is 42.6 Å². The number of nitriles is 1. The Bertz CT molecular complexity index is 809. The molecule has 0 saturated carbocycles. The largest absolute Gasteiger partial charge is 0.363 e. The first-order valence-corrected chi connectivity index (χ1v) is 8.52. The summed E-state index contributed by atoms with van der Waals surface area (Å²) in [5.74, 6) is 1.02. The molecule has 128 valence electrons. The molecule has 1 aliphatic heterocycles. The van der Waals surface area contributed by atoms with Crippen LogP contribution in [-0.2, 0) is 0 Å². The van der Waals surface area contributed by atoms with E-state index in [9.17, 15) is 10.1 Å². The van der Waals surface area contributed by atoms with Crippen LogP contribution in [0.1, 0.15) is 40.2 Å². The van der Waals surface area contributed by atoms with E-state index in [0.29, 0.717) is 17.7 Å². The van der Waals surface area contributed by atoms with Crippen molar-refractivity contribution in [2.45, 2.75) is 18.8 Å². The molecule has 0 bridgehead atoms. The zero-order chi connectivity index (χ0) is 17.8. The quantitative estimate of drug-likeness (QED) is 0.865. The summed E-state index contributed by atoms with van der Waals surface area (Å²) in [4.78, 5) is 21.0. The van der Waals surface area contributed by atoms with Crippen LogP contribution in [0.4, 0.5) is 5.82 Å². The molecule has 1 amide bonds. The monoisotopic (exact) mass is 334 g/mol. The van der Waals surface area contributed by atoms with Gasteiger partial charge in [0, 0.05) is 44.9 Å². The minimum absolute atomic E-state index is 0.0321. The highest BCUT2D eigenvalue weighted by Crippen LogP contribution is 2.30. The Hall–Kier alpha value is -2.87. The Morgan fingerprint density at radius 1 is 1.32 bits per heavy atom. The highest BCUT2D eigenvalue weighted by molar-refractivity contribution is 5.95. The van der Waals surface area contributed by atoms with Gasteiger partial charge in [0.1, 0.15) is 5.82 Å². The Labute approximate surface area is 148 Å². The second-order valence-corrected chi connectivity index (χ2v) is 6.59. The Kier molecular flexibility index (Phi) is 4.99. The van der Waals surface area contributed by atoms with E-state index in [2.05, 4.69) is 11.1 Å². The molecule has 2 heterocycles. The van der Waals surface area contributed by atoms with Gasteiger partial charge in [-0.05, 0) is 36.6 Å². The first-order valence-electron chi connectivity index (χ1n) is 8.52. The molecule has 5 heteroatoms. The molecule has 1 aromatic heterocycles. The lowest BCUT2D eigenvalue weighted by molar-refractivity contribution is 0.0707. The van der Waals surface area contributed by atoms with Gasteiger partial charge >= 0.3 is 0 Å². The van der Waals surface area contributed by atoms with Gasteiger partial charge in [-0.1, -0.05) is 18.2 Å². The average molecular weight is 334 g/mol. The van der Waals surface area contributed by atoms with Gasteiger partial charge in [0.25, 0.3) is 5.91 Å². The number of aromatic nitrogens is 1. The number of carbonyl (C=O) groups is 1. The SMILES string of the molecule is CN(C)c1cc(C(=O)N2CCC[C@@H](c3ccccc3C#N)C2)ccn1. The molecule has 25 heavy (non-hydrogen) atoms. The maximum atomic E-state index is 12.9. The lowest BCUT2D eigenvalue weighted by atomic mass is 9.87. The van der Waals surface area contributed by atoms with Crippen LogP contribution in [0.2, 0.25) is 0 Å². The van der Waals surface area contributed by atoms with Crippen molar-refractivity contribution in [2.24, 2.45) is 0 Å². The summed E-state index contributed by atoms with van der Waals surface area (Å²) in [6, 6.07) is 13.6. The molecule has 0 N–H and O–H groups in total. The summed E-state index contributed by atoms with van der Waals surface area (Å²) in [6.45, 7) is 1.40. The van der Waals surface area contributed by atoms with Crippen LogP contribution in [-0.4, -0.2) is 43.0 Å². The zero-order valence-corrected chi connectivity index (χ0v) is 14.6. The number of amides is 1. The number of carbonyl (C=O) groups excluding carboxylic acids is 1. The molecule has 1 aliphatic rings. The van der Waals surface area contributed by atoms with E-state index in [1.54, 1.807) is 12.3 Å². The highest BCUT2D eigenvalue weighted by atomic mass is 16.2. The second-order valence-electron chi connectivity index (χ2n) is 6.59. The van der Waals surface area contributed by atoms with Crippen molar-refractivity contribution in [1.29, 1.82) is 5.26 Å². The lowest BCUT2D eigenvalue weighted by Gasteiger charge is -2.33. The molecule has 1 saturated heterocycles. The molecule has 0 unspecified atom stereocenters. The molecule has 0 radical (unpaired) electrons. The van der Waals surface area contributed by atoms with Gasteiger partial charge in [-0.2, -0.15) is 5.26 Å². The summed E-state index contributed by atoms with van der Waals surface area (Å²) in [7, 11) is 3.82. The number of hydrogen-bond donors (Lipinski definition) is 0. The van der Waals surface area contributed by atoms with E-state index < -0.39 is 0 Å². The van der Waals surface area contributed by atoms with Crippen LogP contribution >= 0.6 is 0 Å². The van der Waals surface area contributed by atoms with Gasteiger partial charge in [-0.15, -0.1) is 0 Å². The average Bonchev–Trinajstić information content (AvgIpc) is 2.67. The number of pyridine rings is 1. The van der Waals surface area contributed by atoms with Crippen molar-refractivity contribution >= 4 is 11.7 Å². The van der Waals surface area contributed by atoms with E-state index in [-0.39, 0.29) is 11.8 Å². The van der Waals surface area contributed by atoms with E-state index in [1.165, 1.54) is 0 Å².